The number of aromatic nitrogens is 3. The third-order valence-corrected chi connectivity index (χ3v) is 6.58. The molecule has 6 nitrogen and oxygen atoms in total. The number of nitrogens with zero attached hydrogens (tertiary/aromatic N) is 5. The Kier molecular flexibility index (Phi) is 7.84. The van der Waals surface area contributed by atoms with Gasteiger partial charge >= 0.3 is 0 Å². The minimum Gasteiger partial charge on any atom is -0.364 e. The number of nitriles is 1. The first kappa shape index (κ1) is 25.6. The molecule has 0 saturated carbocycles. The summed E-state index contributed by atoms with van der Waals surface area (Å²) >= 11 is 0. The number of ketones is 1. The fourth-order valence-electron chi connectivity index (χ4n) is 4.38. The van der Waals surface area contributed by atoms with Crippen LogP contribution in [0.25, 0.3) is 0 Å². The van der Waals surface area contributed by atoms with Gasteiger partial charge in [-0.3, -0.25) is 4.79 Å². The molecule has 0 radical (unpaired) electrons. The van der Waals surface area contributed by atoms with Gasteiger partial charge < -0.3 is 9.47 Å². The van der Waals surface area contributed by atoms with Gasteiger partial charge in [0, 0.05) is 23.4 Å². The highest BCUT2D eigenvalue weighted by molar-refractivity contribution is 6.09. The highest BCUT2D eigenvalue weighted by Gasteiger charge is 2.15. The number of halogens is 1. The summed E-state index contributed by atoms with van der Waals surface area (Å²) in [6, 6.07) is 32.9. The molecule has 0 saturated heterocycles. The molecule has 0 fully saturated rings. The quantitative estimate of drug-likeness (QED) is 0.219. The van der Waals surface area contributed by atoms with Crippen molar-refractivity contribution in [3.05, 3.63) is 149 Å². The zero-order valence-corrected chi connectivity index (χ0v) is 21.2. The molecule has 5 rings (SSSR count). The van der Waals surface area contributed by atoms with Gasteiger partial charge in [-0.25, -0.2) is 4.39 Å². The van der Waals surface area contributed by atoms with E-state index in [0.29, 0.717) is 42.7 Å². The number of rotatable bonds is 10. The molecule has 5 aromatic rings. The van der Waals surface area contributed by atoms with Crippen LogP contribution in [-0.2, 0) is 19.5 Å². The average molecular weight is 516 g/mol. The summed E-state index contributed by atoms with van der Waals surface area (Å²) in [5, 5.41) is 17.6. The van der Waals surface area contributed by atoms with Gasteiger partial charge in [0.1, 0.15) is 12.1 Å². The molecular formula is C32H26FN5O. The van der Waals surface area contributed by atoms with Crippen LogP contribution in [0, 0.1) is 17.1 Å². The Bertz CT molecular complexity index is 1570. The van der Waals surface area contributed by atoms with Crippen molar-refractivity contribution in [2.24, 2.45) is 0 Å². The number of carbonyl (C=O) groups is 1. The Labute approximate surface area is 226 Å². The number of anilines is 1. The molecule has 4 aromatic carbocycles. The van der Waals surface area contributed by atoms with Crippen molar-refractivity contribution in [3.8, 4) is 6.07 Å². The van der Waals surface area contributed by atoms with E-state index in [-0.39, 0.29) is 11.6 Å². The maximum Gasteiger partial charge on any atom is 0.193 e. The second-order valence-corrected chi connectivity index (χ2v) is 9.22. The number of hydrogen-bond acceptors (Lipinski definition) is 5. The maximum absolute atomic E-state index is 13.4. The van der Waals surface area contributed by atoms with Crippen LogP contribution in [0.15, 0.2) is 109 Å². The SMILES string of the molecule is N#Cc1ccc(Cn2cnnc2CN(CCc2ccc(F)cc2)c2ccc(C(=O)c3ccccc3)cc2)cc1. The van der Waals surface area contributed by atoms with Crippen molar-refractivity contribution in [2.75, 3.05) is 11.4 Å². The van der Waals surface area contributed by atoms with Gasteiger partial charge in [-0.15, -0.1) is 10.2 Å². The zero-order chi connectivity index (χ0) is 27.0. The molecule has 1 heterocycles. The van der Waals surface area contributed by atoms with E-state index in [4.69, 9.17) is 5.26 Å². The van der Waals surface area contributed by atoms with E-state index in [2.05, 4.69) is 21.2 Å². The van der Waals surface area contributed by atoms with E-state index in [0.717, 1.165) is 22.6 Å². The summed E-state index contributed by atoms with van der Waals surface area (Å²) < 4.78 is 15.4. The minimum atomic E-state index is -0.259. The van der Waals surface area contributed by atoms with Crippen molar-refractivity contribution >= 4 is 11.5 Å². The van der Waals surface area contributed by atoms with Gasteiger partial charge in [0.15, 0.2) is 11.6 Å². The van der Waals surface area contributed by atoms with Crippen LogP contribution in [-0.4, -0.2) is 27.1 Å². The molecule has 192 valence electrons. The van der Waals surface area contributed by atoms with Crippen molar-refractivity contribution < 1.29 is 9.18 Å². The van der Waals surface area contributed by atoms with E-state index in [1.165, 1.54) is 12.1 Å². The fraction of sp³-hybridized carbons (Fsp3) is 0.125. The van der Waals surface area contributed by atoms with Crippen LogP contribution >= 0.6 is 0 Å². The minimum absolute atomic E-state index is 0.0258. The Morgan fingerprint density at radius 3 is 2.21 bits per heavy atom. The van der Waals surface area contributed by atoms with Gasteiger partial charge in [-0.05, 0) is 66.1 Å². The second-order valence-electron chi connectivity index (χ2n) is 9.22. The molecule has 39 heavy (non-hydrogen) atoms. The molecule has 0 aliphatic carbocycles. The fourth-order valence-corrected chi connectivity index (χ4v) is 4.38. The number of carbonyl (C=O) groups excluding carboxylic acids is 1. The van der Waals surface area contributed by atoms with E-state index in [9.17, 15) is 9.18 Å². The summed E-state index contributed by atoms with van der Waals surface area (Å²) in [5.74, 6) is 0.496. The molecule has 1 aromatic heterocycles. The Morgan fingerprint density at radius 2 is 1.51 bits per heavy atom. The second kappa shape index (κ2) is 12.0. The lowest BCUT2D eigenvalue weighted by molar-refractivity contribution is 0.103. The molecule has 0 amide bonds. The highest BCUT2D eigenvalue weighted by Crippen LogP contribution is 2.21. The van der Waals surface area contributed by atoms with Crippen LogP contribution in [0.1, 0.15) is 38.4 Å². The third kappa shape index (κ3) is 6.43. The predicted octanol–water partition coefficient (Wildman–Crippen LogP) is 5.82. The lowest BCUT2D eigenvalue weighted by Crippen LogP contribution is -2.27. The van der Waals surface area contributed by atoms with Gasteiger partial charge in [-0.2, -0.15) is 5.26 Å². The van der Waals surface area contributed by atoms with Crippen LogP contribution < -0.4 is 4.90 Å². The van der Waals surface area contributed by atoms with Crippen molar-refractivity contribution in [3.63, 3.8) is 0 Å². The lowest BCUT2D eigenvalue weighted by atomic mass is 10.0. The predicted molar refractivity (Wildman–Crippen MR) is 148 cm³/mol. The van der Waals surface area contributed by atoms with Crippen LogP contribution in [0.2, 0.25) is 0 Å². The van der Waals surface area contributed by atoms with E-state index >= 15 is 0 Å². The van der Waals surface area contributed by atoms with Crippen LogP contribution in [0.4, 0.5) is 10.1 Å². The van der Waals surface area contributed by atoms with Crippen LogP contribution in [0.3, 0.4) is 0 Å². The van der Waals surface area contributed by atoms with Gasteiger partial charge in [0.25, 0.3) is 0 Å². The number of benzene rings is 4. The molecular weight excluding hydrogens is 489 g/mol. The summed E-state index contributed by atoms with van der Waals surface area (Å²) in [6.07, 6.45) is 2.40. The zero-order valence-electron chi connectivity index (χ0n) is 21.2. The molecule has 0 aliphatic heterocycles. The largest absolute Gasteiger partial charge is 0.364 e. The first-order valence-corrected chi connectivity index (χ1v) is 12.6. The van der Waals surface area contributed by atoms with Crippen molar-refractivity contribution in [2.45, 2.75) is 19.5 Å². The van der Waals surface area contributed by atoms with Crippen molar-refractivity contribution in [1.29, 1.82) is 5.26 Å². The topological polar surface area (TPSA) is 74.8 Å². The molecule has 0 atom stereocenters. The Hall–Kier alpha value is -5.09. The Balaban J connectivity index is 1.37. The van der Waals surface area contributed by atoms with E-state index in [1.807, 2.05) is 71.3 Å². The third-order valence-electron chi connectivity index (χ3n) is 6.58. The van der Waals surface area contributed by atoms with Gasteiger partial charge in [0.2, 0.25) is 0 Å². The standard InChI is InChI=1S/C32H26FN5O/c33-29-14-10-24(11-15-29)18-19-37(30-16-12-28(13-17-30)32(39)27-4-2-1-3-5-27)22-31-36-35-23-38(31)21-26-8-6-25(20-34)7-9-26/h1-17,23H,18-19,21-22H2. The summed E-state index contributed by atoms with van der Waals surface area (Å²) in [7, 11) is 0. The first-order chi connectivity index (χ1) is 19.1. The van der Waals surface area contributed by atoms with E-state index in [1.54, 1.807) is 30.6 Å². The summed E-state index contributed by atoms with van der Waals surface area (Å²) in [4.78, 5) is 15.1. The van der Waals surface area contributed by atoms with Crippen molar-refractivity contribution in [1.82, 2.24) is 14.8 Å². The molecule has 7 heteroatoms. The maximum atomic E-state index is 13.4. The number of hydrogen-bond donors (Lipinski definition) is 0. The van der Waals surface area contributed by atoms with Gasteiger partial charge in [0.05, 0.1) is 24.7 Å². The molecule has 0 unspecified atom stereocenters. The molecule has 0 aliphatic rings. The summed E-state index contributed by atoms with van der Waals surface area (Å²) in [6.45, 7) is 1.72. The van der Waals surface area contributed by atoms with Gasteiger partial charge in [-0.1, -0.05) is 54.6 Å². The first-order valence-electron chi connectivity index (χ1n) is 12.6. The summed E-state index contributed by atoms with van der Waals surface area (Å²) in [5.41, 5.74) is 4.88. The smallest absolute Gasteiger partial charge is 0.193 e. The Morgan fingerprint density at radius 1 is 0.846 bits per heavy atom. The normalized spacial score (nSPS) is 10.7. The molecule has 0 bridgehead atoms. The van der Waals surface area contributed by atoms with E-state index < -0.39 is 0 Å². The van der Waals surface area contributed by atoms with Crippen LogP contribution in [0.5, 0.6) is 0 Å². The molecule has 0 N–H and O–H groups in total. The molecule has 0 spiro atoms. The highest BCUT2D eigenvalue weighted by atomic mass is 19.1. The lowest BCUT2D eigenvalue weighted by Gasteiger charge is -2.25. The average Bonchev–Trinajstić information content (AvgIpc) is 3.43. The monoisotopic (exact) mass is 515 g/mol.